The zero-order chi connectivity index (χ0) is 15.8. The van der Waals surface area contributed by atoms with Gasteiger partial charge < -0.3 is 9.47 Å². The van der Waals surface area contributed by atoms with Crippen LogP contribution in [0.4, 0.5) is 0 Å². The Kier molecular flexibility index (Phi) is 4.62. The second-order valence-corrected chi connectivity index (χ2v) is 8.07. The fraction of sp³-hybridized carbons (Fsp3) is 0.722. The zero-order valence-electron chi connectivity index (χ0n) is 14.4. The molecule has 0 aromatic carbocycles. The fourth-order valence-electron chi connectivity index (χ4n) is 3.55. The molecule has 0 fully saturated rings. The third-order valence-corrected chi connectivity index (χ3v) is 4.32. The smallest absolute Gasteiger partial charge is 0.165 e. The molecule has 0 spiro atoms. The van der Waals surface area contributed by atoms with Gasteiger partial charge in [-0.25, -0.2) is 0 Å². The SMILES string of the molecule is CC(C)CC(CN(C)C)n1ccc2c1CC(C)(C)CC2=O. The molecule has 0 aliphatic heterocycles. The number of hydrogen-bond donors (Lipinski definition) is 0. The number of aromatic nitrogens is 1. The van der Waals surface area contributed by atoms with E-state index >= 15 is 0 Å². The Morgan fingerprint density at radius 1 is 1.29 bits per heavy atom. The van der Waals surface area contributed by atoms with Gasteiger partial charge >= 0.3 is 0 Å². The van der Waals surface area contributed by atoms with E-state index in [1.807, 2.05) is 6.07 Å². The first-order valence-electron chi connectivity index (χ1n) is 8.07. The van der Waals surface area contributed by atoms with Gasteiger partial charge in [-0.1, -0.05) is 27.7 Å². The monoisotopic (exact) mass is 290 g/mol. The number of carbonyl (C=O) groups is 1. The van der Waals surface area contributed by atoms with Crippen LogP contribution < -0.4 is 0 Å². The summed E-state index contributed by atoms with van der Waals surface area (Å²) in [6, 6.07) is 2.49. The molecule has 0 amide bonds. The molecule has 118 valence electrons. The van der Waals surface area contributed by atoms with Crippen molar-refractivity contribution < 1.29 is 4.79 Å². The quantitative estimate of drug-likeness (QED) is 0.824. The van der Waals surface area contributed by atoms with E-state index in [1.54, 1.807) is 0 Å². The predicted molar refractivity (Wildman–Crippen MR) is 87.9 cm³/mol. The summed E-state index contributed by atoms with van der Waals surface area (Å²) in [4.78, 5) is 14.6. The number of fused-ring (bicyclic) bond motifs is 1. The van der Waals surface area contributed by atoms with Crippen LogP contribution >= 0.6 is 0 Å². The predicted octanol–water partition coefficient (Wildman–Crippen LogP) is 3.79. The fourth-order valence-corrected chi connectivity index (χ4v) is 3.55. The first-order valence-corrected chi connectivity index (χ1v) is 8.07. The maximum absolute atomic E-state index is 12.4. The van der Waals surface area contributed by atoms with Gasteiger partial charge in [-0.3, -0.25) is 4.79 Å². The Hall–Kier alpha value is -1.09. The molecule has 1 aliphatic carbocycles. The van der Waals surface area contributed by atoms with Gasteiger partial charge in [-0.2, -0.15) is 0 Å². The average Bonchev–Trinajstić information content (AvgIpc) is 2.68. The van der Waals surface area contributed by atoms with E-state index in [4.69, 9.17) is 0 Å². The van der Waals surface area contributed by atoms with Crippen molar-refractivity contribution >= 4 is 5.78 Å². The molecule has 3 heteroatoms. The van der Waals surface area contributed by atoms with Crippen LogP contribution in [0.5, 0.6) is 0 Å². The minimum Gasteiger partial charge on any atom is -0.346 e. The van der Waals surface area contributed by atoms with Gasteiger partial charge in [0.25, 0.3) is 0 Å². The molecule has 0 saturated carbocycles. The largest absolute Gasteiger partial charge is 0.346 e. The summed E-state index contributed by atoms with van der Waals surface area (Å²) >= 11 is 0. The minimum absolute atomic E-state index is 0.0840. The van der Waals surface area contributed by atoms with E-state index < -0.39 is 0 Å². The van der Waals surface area contributed by atoms with Crippen LogP contribution in [0, 0.1) is 11.3 Å². The van der Waals surface area contributed by atoms with Gasteiger partial charge in [0.2, 0.25) is 0 Å². The summed E-state index contributed by atoms with van der Waals surface area (Å²) in [5, 5.41) is 0. The zero-order valence-corrected chi connectivity index (χ0v) is 14.4. The van der Waals surface area contributed by atoms with Gasteiger partial charge in [-0.15, -0.1) is 0 Å². The van der Waals surface area contributed by atoms with Crippen LogP contribution in [-0.2, 0) is 6.42 Å². The maximum atomic E-state index is 12.4. The lowest BCUT2D eigenvalue weighted by atomic mass is 9.76. The number of Topliss-reactive ketones (excluding diaryl/α,β-unsaturated/α-hetero) is 1. The van der Waals surface area contributed by atoms with E-state index in [9.17, 15) is 4.79 Å². The molecule has 1 aromatic heterocycles. The molecule has 1 heterocycles. The molecule has 1 atom stereocenters. The molecule has 0 bridgehead atoms. The highest BCUT2D eigenvalue weighted by molar-refractivity contribution is 5.98. The number of carbonyl (C=O) groups excluding carboxylic acids is 1. The first kappa shape index (κ1) is 16.3. The highest BCUT2D eigenvalue weighted by Crippen LogP contribution is 2.37. The summed E-state index contributed by atoms with van der Waals surface area (Å²) in [6.07, 6.45) is 4.96. The van der Waals surface area contributed by atoms with Gasteiger partial charge in [0.1, 0.15) is 0 Å². The van der Waals surface area contributed by atoms with Crippen LogP contribution in [0.2, 0.25) is 0 Å². The number of hydrogen-bond acceptors (Lipinski definition) is 2. The third-order valence-electron chi connectivity index (χ3n) is 4.32. The number of rotatable bonds is 5. The lowest BCUT2D eigenvalue weighted by Gasteiger charge is -2.33. The molecule has 1 aliphatic rings. The maximum Gasteiger partial charge on any atom is 0.165 e. The van der Waals surface area contributed by atoms with Crippen LogP contribution in [0.1, 0.15) is 62.6 Å². The van der Waals surface area contributed by atoms with E-state index in [2.05, 4.69) is 57.5 Å². The molecular weight excluding hydrogens is 260 g/mol. The Morgan fingerprint density at radius 3 is 2.52 bits per heavy atom. The molecule has 3 nitrogen and oxygen atoms in total. The Morgan fingerprint density at radius 2 is 1.95 bits per heavy atom. The average molecular weight is 290 g/mol. The standard InChI is InChI=1S/C18H30N2O/c1-13(2)9-14(12-19(5)6)20-8-7-15-16(20)10-18(3,4)11-17(15)21/h7-8,13-14H,9-12H2,1-6H3. The van der Waals surface area contributed by atoms with Crippen molar-refractivity contribution in [2.75, 3.05) is 20.6 Å². The van der Waals surface area contributed by atoms with Gasteiger partial charge in [0.05, 0.1) is 0 Å². The van der Waals surface area contributed by atoms with E-state index in [1.165, 1.54) is 5.69 Å². The van der Waals surface area contributed by atoms with Crippen LogP contribution in [0.3, 0.4) is 0 Å². The second-order valence-electron chi connectivity index (χ2n) is 8.07. The summed E-state index contributed by atoms with van der Waals surface area (Å²) < 4.78 is 2.38. The van der Waals surface area contributed by atoms with Crippen molar-refractivity contribution in [3.05, 3.63) is 23.5 Å². The summed E-state index contributed by atoms with van der Waals surface area (Å²) in [5.74, 6) is 0.966. The van der Waals surface area contributed by atoms with Crippen molar-refractivity contribution in [1.82, 2.24) is 9.47 Å². The number of likely N-dealkylation sites (N-methyl/N-ethyl adjacent to an activating group) is 1. The van der Waals surface area contributed by atoms with Crippen molar-refractivity contribution in [3.8, 4) is 0 Å². The normalized spacial score (nSPS) is 19.1. The van der Waals surface area contributed by atoms with E-state index in [0.717, 1.165) is 24.9 Å². The van der Waals surface area contributed by atoms with E-state index in [0.29, 0.717) is 24.2 Å². The molecule has 0 radical (unpaired) electrons. The second kappa shape index (κ2) is 5.96. The van der Waals surface area contributed by atoms with Crippen LogP contribution in [0.15, 0.2) is 12.3 Å². The van der Waals surface area contributed by atoms with Crippen molar-refractivity contribution in [3.63, 3.8) is 0 Å². The minimum atomic E-state index is 0.0840. The van der Waals surface area contributed by atoms with Crippen molar-refractivity contribution in [2.24, 2.45) is 11.3 Å². The highest BCUT2D eigenvalue weighted by Gasteiger charge is 2.34. The number of ketones is 1. The lowest BCUT2D eigenvalue weighted by molar-refractivity contribution is 0.0908. The molecular formula is C18H30N2O. The van der Waals surface area contributed by atoms with Gasteiger partial charge in [-0.05, 0) is 44.3 Å². The molecule has 2 rings (SSSR count). The van der Waals surface area contributed by atoms with E-state index in [-0.39, 0.29) is 5.41 Å². The van der Waals surface area contributed by atoms with Gasteiger partial charge in [0.15, 0.2) is 5.78 Å². The molecule has 0 N–H and O–H groups in total. The molecule has 1 aromatic rings. The molecule has 1 unspecified atom stereocenters. The molecule has 0 saturated heterocycles. The Balaban J connectivity index is 2.36. The summed E-state index contributed by atoms with van der Waals surface area (Å²) in [5.41, 5.74) is 2.30. The Bertz CT molecular complexity index is 501. The lowest BCUT2D eigenvalue weighted by Crippen LogP contribution is -2.31. The molecule has 21 heavy (non-hydrogen) atoms. The highest BCUT2D eigenvalue weighted by atomic mass is 16.1. The van der Waals surface area contributed by atoms with Gasteiger partial charge in [0, 0.05) is 36.5 Å². The summed E-state index contributed by atoms with van der Waals surface area (Å²) in [6.45, 7) is 9.97. The first-order chi connectivity index (χ1) is 9.69. The van der Waals surface area contributed by atoms with Crippen LogP contribution in [0.25, 0.3) is 0 Å². The number of nitrogens with zero attached hydrogens (tertiary/aromatic N) is 2. The summed E-state index contributed by atoms with van der Waals surface area (Å²) in [7, 11) is 4.25. The Labute approximate surface area is 129 Å². The third kappa shape index (κ3) is 3.76. The topological polar surface area (TPSA) is 25.2 Å². The van der Waals surface area contributed by atoms with Crippen molar-refractivity contribution in [2.45, 2.75) is 53.0 Å². The van der Waals surface area contributed by atoms with Crippen LogP contribution in [-0.4, -0.2) is 35.9 Å². The van der Waals surface area contributed by atoms with Crippen molar-refractivity contribution in [1.29, 1.82) is 0 Å².